The highest BCUT2D eigenvalue weighted by Gasteiger charge is 2.19. The predicted molar refractivity (Wildman–Crippen MR) is 135 cm³/mol. The highest BCUT2D eigenvalue weighted by Crippen LogP contribution is 2.33. The van der Waals surface area contributed by atoms with Crippen LogP contribution in [-0.2, 0) is 5.75 Å². The Balaban J connectivity index is 1.58. The molecule has 6 nitrogen and oxygen atoms in total. The van der Waals surface area contributed by atoms with E-state index in [-0.39, 0.29) is 5.91 Å². The van der Waals surface area contributed by atoms with Gasteiger partial charge in [-0.05, 0) is 37.6 Å². The quantitative estimate of drug-likeness (QED) is 0.221. The molecule has 9 heteroatoms. The van der Waals surface area contributed by atoms with Crippen LogP contribution in [0.1, 0.15) is 40.8 Å². The summed E-state index contributed by atoms with van der Waals surface area (Å²) in [5, 5.41) is 15.8. The minimum Gasteiger partial charge on any atom is -0.351 e. The summed E-state index contributed by atoms with van der Waals surface area (Å²) in [4.78, 5) is 16.8. The van der Waals surface area contributed by atoms with Gasteiger partial charge in [-0.3, -0.25) is 9.36 Å². The third-order valence-electron chi connectivity index (χ3n) is 4.97. The average Bonchev–Trinajstić information content (AvgIpc) is 3.46. The molecule has 0 radical (unpaired) electrons. The lowest BCUT2D eigenvalue weighted by molar-refractivity contribution is 0.0948. The number of amides is 1. The molecule has 2 heterocycles. The van der Waals surface area contributed by atoms with Gasteiger partial charge in [0.25, 0.3) is 5.91 Å². The Hall–Kier alpha value is -2.68. The molecule has 0 aliphatic rings. The van der Waals surface area contributed by atoms with E-state index < -0.39 is 0 Å². The van der Waals surface area contributed by atoms with Crippen molar-refractivity contribution in [2.24, 2.45) is 0 Å². The Morgan fingerprint density at radius 2 is 1.94 bits per heavy atom. The SMILES string of the molecule is CCCCNC(=O)c1csc(CSc2nnc(-c3ccccc3Cl)n2-c2ccc(C)cc2)n1. The molecule has 0 spiro atoms. The molecule has 1 N–H and O–H groups in total. The maximum atomic E-state index is 12.3. The minimum atomic E-state index is -0.125. The monoisotopic (exact) mass is 497 g/mol. The van der Waals surface area contributed by atoms with E-state index >= 15 is 0 Å². The van der Waals surface area contributed by atoms with Crippen molar-refractivity contribution in [3.8, 4) is 17.1 Å². The lowest BCUT2D eigenvalue weighted by Crippen LogP contribution is -2.24. The number of nitrogens with one attached hydrogen (secondary N) is 1. The Bertz CT molecular complexity index is 1240. The molecule has 0 unspecified atom stereocenters. The Labute approximate surface area is 206 Å². The molecule has 1 amide bonds. The van der Waals surface area contributed by atoms with Gasteiger partial charge in [0.05, 0.1) is 10.8 Å². The summed E-state index contributed by atoms with van der Waals surface area (Å²) in [6.45, 7) is 4.82. The standard InChI is InChI=1S/C24H24ClN5OS2/c1-3-4-13-26-23(31)20-14-32-21(27-20)15-33-24-29-28-22(18-7-5-6-8-19(18)25)30(24)17-11-9-16(2)10-12-17/h5-12,14H,3-4,13,15H2,1-2H3,(H,26,31). The lowest BCUT2D eigenvalue weighted by atomic mass is 10.2. The summed E-state index contributed by atoms with van der Waals surface area (Å²) in [5.41, 5.74) is 3.41. The molecule has 0 atom stereocenters. The molecule has 0 bridgehead atoms. The Morgan fingerprint density at radius 1 is 1.15 bits per heavy atom. The highest BCUT2D eigenvalue weighted by molar-refractivity contribution is 7.98. The molecular formula is C24H24ClN5OS2. The van der Waals surface area contributed by atoms with Crippen molar-refractivity contribution in [2.45, 2.75) is 37.6 Å². The number of carbonyl (C=O) groups is 1. The molecule has 0 saturated carbocycles. The van der Waals surface area contributed by atoms with Gasteiger partial charge in [-0.1, -0.05) is 66.5 Å². The molecule has 0 fully saturated rings. The minimum absolute atomic E-state index is 0.125. The number of aromatic nitrogens is 4. The third-order valence-corrected chi connectivity index (χ3v) is 7.27. The molecular weight excluding hydrogens is 474 g/mol. The maximum Gasteiger partial charge on any atom is 0.270 e. The molecule has 2 aromatic carbocycles. The van der Waals surface area contributed by atoms with Crippen LogP contribution in [0.5, 0.6) is 0 Å². The number of thiazole rings is 1. The fourth-order valence-electron chi connectivity index (χ4n) is 3.18. The molecule has 4 aromatic rings. The van der Waals surface area contributed by atoms with Crippen LogP contribution in [-0.4, -0.2) is 32.2 Å². The van der Waals surface area contributed by atoms with Crippen LogP contribution in [0.4, 0.5) is 0 Å². The van der Waals surface area contributed by atoms with Crippen LogP contribution in [0.25, 0.3) is 17.1 Å². The second-order valence-electron chi connectivity index (χ2n) is 7.48. The van der Waals surface area contributed by atoms with Crippen LogP contribution in [0.2, 0.25) is 5.02 Å². The number of benzene rings is 2. The van der Waals surface area contributed by atoms with E-state index in [1.165, 1.54) is 28.7 Å². The lowest BCUT2D eigenvalue weighted by Gasteiger charge is -2.11. The fraction of sp³-hybridized carbons (Fsp3) is 0.250. The molecule has 2 aromatic heterocycles. The van der Waals surface area contributed by atoms with E-state index in [4.69, 9.17) is 11.6 Å². The van der Waals surface area contributed by atoms with Crippen LogP contribution in [0, 0.1) is 6.92 Å². The van der Waals surface area contributed by atoms with E-state index in [1.807, 2.05) is 41.0 Å². The number of nitrogens with zero attached hydrogens (tertiary/aromatic N) is 4. The van der Waals surface area contributed by atoms with Crippen molar-refractivity contribution in [3.63, 3.8) is 0 Å². The van der Waals surface area contributed by atoms with Crippen molar-refractivity contribution in [1.82, 2.24) is 25.1 Å². The summed E-state index contributed by atoms with van der Waals surface area (Å²) in [5.74, 6) is 1.14. The predicted octanol–water partition coefficient (Wildman–Crippen LogP) is 6.17. The summed E-state index contributed by atoms with van der Waals surface area (Å²) in [6, 6.07) is 15.8. The Morgan fingerprint density at radius 3 is 2.70 bits per heavy atom. The fourth-order valence-corrected chi connectivity index (χ4v) is 5.15. The number of aryl methyl sites for hydroxylation is 1. The normalized spacial score (nSPS) is 11.0. The van der Waals surface area contributed by atoms with E-state index in [1.54, 1.807) is 5.38 Å². The maximum absolute atomic E-state index is 12.3. The summed E-state index contributed by atoms with van der Waals surface area (Å²) >= 11 is 9.47. The van der Waals surface area contributed by atoms with E-state index in [0.29, 0.717) is 28.8 Å². The Kier molecular flexibility index (Phi) is 7.80. The number of carbonyl (C=O) groups excluding carboxylic acids is 1. The van der Waals surface area contributed by atoms with Crippen molar-refractivity contribution in [1.29, 1.82) is 0 Å². The van der Waals surface area contributed by atoms with Gasteiger partial charge in [0, 0.05) is 23.2 Å². The molecule has 0 aliphatic carbocycles. The van der Waals surface area contributed by atoms with Crippen LogP contribution < -0.4 is 5.32 Å². The second kappa shape index (κ2) is 11.0. The molecule has 33 heavy (non-hydrogen) atoms. The summed E-state index contributed by atoms with van der Waals surface area (Å²) in [6.07, 6.45) is 2.00. The topological polar surface area (TPSA) is 72.7 Å². The number of halogens is 1. The molecule has 0 saturated heterocycles. The van der Waals surface area contributed by atoms with Crippen molar-refractivity contribution in [2.75, 3.05) is 6.54 Å². The molecule has 0 aliphatic heterocycles. The van der Waals surface area contributed by atoms with Crippen molar-refractivity contribution in [3.05, 3.63) is 75.2 Å². The van der Waals surface area contributed by atoms with Gasteiger partial charge in [0.1, 0.15) is 10.7 Å². The van der Waals surface area contributed by atoms with Gasteiger partial charge in [0.2, 0.25) is 0 Å². The number of hydrogen-bond acceptors (Lipinski definition) is 6. The van der Waals surface area contributed by atoms with E-state index in [2.05, 4.69) is 46.5 Å². The third kappa shape index (κ3) is 5.63. The number of rotatable bonds is 9. The van der Waals surface area contributed by atoms with Crippen LogP contribution in [0.3, 0.4) is 0 Å². The zero-order valence-electron chi connectivity index (χ0n) is 18.4. The first-order valence-corrected chi connectivity index (χ1v) is 12.9. The van der Waals surface area contributed by atoms with Gasteiger partial charge in [-0.15, -0.1) is 21.5 Å². The molecule has 170 valence electrons. The van der Waals surface area contributed by atoms with Gasteiger partial charge in [0.15, 0.2) is 11.0 Å². The van der Waals surface area contributed by atoms with Gasteiger partial charge >= 0.3 is 0 Å². The first kappa shape index (κ1) is 23.5. The number of thioether (sulfide) groups is 1. The van der Waals surface area contributed by atoms with Gasteiger partial charge in [-0.2, -0.15) is 0 Å². The number of unbranched alkanes of at least 4 members (excludes halogenated alkanes) is 1. The second-order valence-corrected chi connectivity index (χ2v) is 9.77. The molecule has 4 rings (SSSR count). The van der Waals surface area contributed by atoms with E-state index in [9.17, 15) is 4.79 Å². The summed E-state index contributed by atoms with van der Waals surface area (Å²) < 4.78 is 2.01. The smallest absolute Gasteiger partial charge is 0.270 e. The van der Waals surface area contributed by atoms with E-state index in [0.717, 1.165) is 34.3 Å². The summed E-state index contributed by atoms with van der Waals surface area (Å²) in [7, 11) is 0. The zero-order valence-corrected chi connectivity index (χ0v) is 20.8. The first-order chi connectivity index (χ1) is 16.1. The zero-order chi connectivity index (χ0) is 23.2. The number of hydrogen-bond donors (Lipinski definition) is 1. The van der Waals surface area contributed by atoms with Crippen molar-refractivity contribution >= 4 is 40.6 Å². The largest absolute Gasteiger partial charge is 0.351 e. The van der Waals surface area contributed by atoms with Crippen LogP contribution in [0.15, 0.2) is 59.1 Å². The van der Waals surface area contributed by atoms with Crippen molar-refractivity contribution < 1.29 is 4.79 Å². The van der Waals surface area contributed by atoms with Gasteiger partial charge < -0.3 is 5.32 Å². The average molecular weight is 498 g/mol. The van der Waals surface area contributed by atoms with Gasteiger partial charge in [-0.25, -0.2) is 4.98 Å². The van der Waals surface area contributed by atoms with Crippen LogP contribution >= 0.6 is 34.7 Å². The first-order valence-electron chi connectivity index (χ1n) is 10.7. The highest BCUT2D eigenvalue weighted by atomic mass is 35.5.